The van der Waals surface area contributed by atoms with Crippen LogP contribution in [-0.2, 0) is 28.2 Å². The van der Waals surface area contributed by atoms with E-state index in [1.807, 2.05) is 29.3 Å². The van der Waals surface area contributed by atoms with Gasteiger partial charge in [-0.15, -0.1) is 0 Å². The second-order valence-corrected chi connectivity index (χ2v) is 36.9. The Kier molecular flexibility index (Phi) is 26.2. The summed E-state index contributed by atoms with van der Waals surface area (Å²) in [6, 6.07) is 81.0. The third-order valence-corrected chi connectivity index (χ3v) is 28.5. The molecule has 0 bridgehead atoms. The van der Waals surface area contributed by atoms with Crippen LogP contribution in [0.4, 0.5) is 0 Å². The molecule has 0 radical (unpaired) electrons. The fourth-order valence-corrected chi connectivity index (χ4v) is 19.5. The van der Waals surface area contributed by atoms with Gasteiger partial charge in [0.05, 0.1) is 49.3 Å². The molecule has 4 heterocycles. The Morgan fingerprint density at radius 3 is 1.12 bits per heavy atom. The van der Waals surface area contributed by atoms with Crippen LogP contribution in [0.15, 0.2) is 255 Å². The average Bonchev–Trinajstić information content (AvgIpc) is 0.758. The van der Waals surface area contributed by atoms with Gasteiger partial charge in [-0.2, -0.15) is 9.13 Å². The van der Waals surface area contributed by atoms with Crippen LogP contribution in [0.25, 0.3) is 122 Å². The normalized spacial score (nSPS) is 14.9. The number of fused-ring (bicyclic) bond motifs is 4. The molecule has 0 aliphatic heterocycles. The van der Waals surface area contributed by atoms with Crippen LogP contribution < -0.4 is 18.3 Å². The second kappa shape index (κ2) is 39.9. The highest BCUT2D eigenvalue weighted by atomic mass is 15.0. The Hall–Kier alpha value is -10.9. The maximum Gasteiger partial charge on any atom is 0.220 e. The van der Waals surface area contributed by atoms with Gasteiger partial charge < -0.3 is 0 Å². The number of pyridine rings is 4. The fourth-order valence-electron chi connectivity index (χ4n) is 19.5. The summed E-state index contributed by atoms with van der Waals surface area (Å²) in [6.07, 6.45) is 18.2. The molecule has 0 spiro atoms. The number of hydrogen-bond donors (Lipinski definition) is 0. The molecule has 124 heavy (non-hydrogen) atoms. The molecule has 4 heteroatoms. The summed E-state index contributed by atoms with van der Waals surface area (Å²) in [5.74, 6) is 3.56. The van der Waals surface area contributed by atoms with Gasteiger partial charge in [-0.1, -0.05) is 278 Å². The number of nitrogens with zero attached hydrogens (tertiary/aromatic N) is 4. The van der Waals surface area contributed by atoms with E-state index in [1.165, 1.54) is 187 Å². The summed E-state index contributed by atoms with van der Waals surface area (Å²) >= 11 is 0. The predicted molar refractivity (Wildman–Crippen MR) is 532 cm³/mol. The standard InChI is InChI=1S/C33H44N.C30H34N.C29H32N.C28H30N/c1-5-23(2)27-16-17-30-28(20-27)18-19-34(4)33(30)32-22-29(25-12-8-6-9-13-25)21-31(24(32)3)26-14-10-7-11-15-26;1-7-21(4)24-13-14-27-25(17-24)15-16-31(6)30(27)29-19-26(23-11-9-8-10-12-23)18-28(20(2)3)22(29)5;1-7-19(2)24-13-14-27-26(17-24)16-21(4)30(6)29(27)28-18-25(15-20(3)22(28)5)23-11-9-8-10-12-23;1-6-19(2)23-14-15-26-25(17-23)16-21(4)29(5)28(26)27-18-24(13-12-20(27)3)22-10-8-7-9-11-22/h16-23,25-26H,5-15H2,1-4H3;8-21H,7H2,1-6H3;8-19H,7H2,1-6H3;7-19H,6H2,1-5H3/q4*+1/i18D,19D;15D,16D;2*16D. The van der Waals surface area contributed by atoms with E-state index in [-0.39, 0.29) is 6.17 Å². The van der Waals surface area contributed by atoms with Crippen LogP contribution in [0.3, 0.4) is 0 Å². The molecule has 636 valence electrons. The molecule has 0 N–H and O–H groups in total. The van der Waals surface area contributed by atoms with E-state index in [0.29, 0.717) is 71.8 Å². The van der Waals surface area contributed by atoms with Gasteiger partial charge in [0.2, 0.25) is 22.8 Å². The number of hydrogen-bond acceptors (Lipinski definition) is 0. The first kappa shape index (κ1) is 81.4. The quantitative estimate of drug-likeness (QED) is 0.0761. The van der Waals surface area contributed by atoms with E-state index in [0.717, 1.165) is 97.1 Å². The summed E-state index contributed by atoms with van der Waals surface area (Å²) in [6.45, 7) is 37.5. The summed E-state index contributed by atoms with van der Waals surface area (Å²) in [5.41, 5.74) is 34.6. The predicted octanol–water partition coefficient (Wildman–Crippen LogP) is 31.8. The molecule has 2 aliphatic rings. The second-order valence-electron chi connectivity index (χ2n) is 36.9. The molecule has 0 amide bonds. The van der Waals surface area contributed by atoms with E-state index in [1.54, 1.807) is 5.56 Å². The fraction of sp³-hybridized carbons (Fsp3) is 0.350. The summed E-state index contributed by atoms with van der Waals surface area (Å²) in [7, 11) is 8.08. The molecule has 0 saturated heterocycles. The Balaban J connectivity index is 0.000000140. The lowest BCUT2D eigenvalue weighted by molar-refractivity contribution is -0.665. The first-order valence-electron chi connectivity index (χ1n) is 49.8. The minimum Gasteiger partial charge on any atom is -0.200 e. The summed E-state index contributed by atoms with van der Waals surface area (Å²) in [5, 5.41) is 8.33. The van der Waals surface area contributed by atoms with Crippen LogP contribution in [0.1, 0.15) is 287 Å². The third-order valence-electron chi connectivity index (χ3n) is 28.5. The maximum absolute atomic E-state index is 8.88. The van der Waals surface area contributed by atoms with Crippen LogP contribution in [0, 0.1) is 48.5 Å². The summed E-state index contributed by atoms with van der Waals surface area (Å²) in [4.78, 5) is 0. The molecule has 17 rings (SSSR count). The molecule has 4 aromatic heterocycles. The largest absolute Gasteiger partial charge is 0.220 e. The van der Waals surface area contributed by atoms with Crippen molar-refractivity contribution in [2.75, 3.05) is 0 Å². The van der Waals surface area contributed by atoms with E-state index < -0.39 is 0 Å². The lowest BCUT2D eigenvalue weighted by Gasteiger charge is -2.28. The highest BCUT2D eigenvalue weighted by Crippen LogP contribution is 2.46. The van der Waals surface area contributed by atoms with Crippen molar-refractivity contribution in [2.45, 2.75) is 249 Å². The van der Waals surface area contributed by atoms with Gasteiger partial charge in [0.25, 0.3) is 0 Å². The molecule has 4 unspecified atom stereocenters. The van der Waals surface area contributed by atoms with Gasteiger partial charge in [-0.05, 0) is 298 Å². The zero-order valence-corrected chi connectivity index (χ0v) is 78.5. The Bertz CT molecular complexity index is 6680. The first-order chi connectivity index (χ1) is 62.4. The van der Waals surface area contributed by atoms with E-state index in [2.05, 4.69) is 353 Å². The van der Waals surface area contributed by atoms with Crippen LogP contribution in [-0.4, -0.2) is 0 Å². The molecular weight excluding hydrogens is 1500 g/mol. The van der Waals surface area contributed by atoms with Gasteiger partial charge in [0.15, 0.2) is 23.7 Å². The molecule has 2 fully saturated rings. The number of aromatic nitrogens is 4. The SMILES string of the molecule is [2H]c1c(C)[n+](C)c(-c2cc(-c3ccccc3)cc(C)c2C)c2ccc(C(C)CC)cc12.[2H]c1c(C)[n+](C)c(-c2cc(-c3ccccc3)ccc2C)c2ccc(C(C)CC)cc12.[2H]c1c([2H])[n+](C)c(-c2cc(-c3ccccc3)cc(C(C)C)c2C)c2ccc(C(C)CC)cc12.[2H]c1c([2H])[n+](C)c(-c2cc(C3CCCCC3)cc(C3CCCCC3)c2C)c2ccc(C(C)CC)cc12. The molecule has 4 atom stereocenters. The van der Waals surface area contributed by atoms with E-state index in [4.69, 9.17) is 8.22 Å². The zero-order valence-electron chi connectivity index (χ0n) is 84.5. The number of rotatable bonds is 18. The number of aryl methyl sites for hydroxylation is 2. The monoisotopic (exact) mass is 1640 g/mol. The molecule has 2 aliphatic carbocycles. The lowest BCUT2D eigenvalue weighted by Crippen LogP contribution is -2.35. The zero-order chi connectivity index (χ0) is 93.0. The van der Waals surface area contributed by atoms with Gasteiger partial charge in [0.1, 0.15) is 30.9 Å². The van der Waals surface area contributed by atoms with Crippen molar-refractivity contribution >= 4 is 43.1 Å². The Labute approximate surface area is 753 Å². The molecule has 2 saturated carbocycles. The van der Waals surface area contributed by atoms with Crippen molar-refractivity contribution in [3.63, 3.8) is 0 Å². The van der Waals surface area contributed by atoms with E-state index >= 15 is 0 Å². The van der Waals surface area contributed by atoms with Crippen LogP contribution in [0.2, 0.25) is 0 Å². The molecular formula is C120H140N4+4. The first-order valence-corrected chi connectivity index (χ1v) is 46.8. The van der Waals surface area contributed by atoms with Gasteiger partial charge >= 0.3 is 0 Å². The Morgan fingerprint density at radius 1 is 0.323 bits per heavy atom. The van der Waals surface area contributed by atoms with Gasteiger partial charge in [-0.25, -0.2) is 9.13 Å². The Morgan fingerprint density at radius 2 is 0.694 bits per heavy atom. The van der Waals surface area contributed by atoms with Crippen LogP contribution in [0.5, 0.6) is 0 Å². The highest BCUT2D eigenvalue weighted by molar-refractivity contribution is 5.99. The average molecular weight is 1640 g/mol. The minimum absolute atomic E-state index is 0.245. The van der Waals surface area contributed by atoms with Crippen LogP contribution >= 0.6 is 0 Å². The van der Waals surface area contributed by atoms with Crippen molar-refractivity contribution in [1.82, 2.24) is 0 Å². The van der Waals surface area contributed by atoms with Gasteiger partial charge in [-0.3, -0.25) is 0 Å². The molecule has 15 aromatic rings. The van der Waals surface area contributed by atoms with Crippen molar-refractivity contribution < 1.29 is 26.5 Å². The van der Waals surface area contributed by atoms with Crippen molar-refractivity contribution in [1.29, 1.82) is 0 Å². The van der Waals surface area contributed by atoms with Crippen molar-refractivity contribution in [3.05, 3.63) is 333 Å². The molecule has 11 aromatic carbocycles. The van der Waals surface area contributed by atoms with Gasteiger partial charge in [0, 0.05) is 38.0 Å². The minimum atomic E-state index is 0.245. The lowest BCUT2D eigenvalue weighted by atomic mass is 9.76. The van der Waals surface area contributed by atoms with Crippen molar-refractivity contribution in [3.8, 4) is 78.4 Å². The number of benzene rings is 11. The highest BCUT2D eigenvalue weighted by Gasteiger charge is 2.30. The maximum atomic E-state index is 8.88. The molecule has 4 nitrogen and oxygen atoms in total. The summed E-state index contributed by atoms with van der Waals surface area (Å²) < 4.78 is 61.0. The van der Waals surface area contributed by atoms with Crippen molar-refractivity contribution in [2.24, 2.45) is 28.2 Å². The van der Waals surface area contributed by atoms with E-state index in [9.17, 15) is 0 Å². The topological polar surface area (TPSA) is 15.5 Å². The smallest absolute Gasteiger partial charge is 0.200 e. The third kappa shape index (κ3) is 19.3.